The molecule has 4 aromatic carbocycles. The number of phenolic OH excluding ortho intramolecular Hbond substituents is 2. The maximum absolute atomic E-state index is 13.2. The van der Waals surface area contributed by atoms with Crippen molar-refractivity contribution in [3.05, 3.63) is 140 Å². The van der Waals surface area contributed by atoms with Crippen molar-refractivity contribution < 1.29 is 50.5 Å². The minimum atomic E-state index is -4.79. The zero-order valence-electron chi connectivity index (χ0n) is 26.5. The zero-order valence-corrected chi connectivity index (χ0v) is 28.1. The van der Waals surface area contributed by atoms with Crippen LogP contribution in [0.25, 0.3) is 0 Å². The van der Waals surface area contributed by atoms with Crippen LogP contribution in [0.4, 0.5) is 16.2 Å². The van der Waals surface area contributed by atoms with Crippen LogP contribution in [0.15, 0.2) is 117 Å². The van der Waals surface area contributed by atoms with Gasteiger partial charge in [0, 0.05) is 44.8 Å². The summed E-state index contributed by atoms with van der Waals surface area (Å²) in [6, 6.07) is 18.8. The number of nitrogens with one attached hydrogen (secondary N) is 2. The number of phenols is 2. The number of anilines is 2. The third kappa shape index (κ3) is 7.42. The number of carbonyl (C=O) groups excluding carboxylic acids is 3. The van der Waals surface area contributed by atoms with Crippen molar-refractivity contribution >= 4 is 60.9 Å². The van der Waals surface area contributed by atoms with Crippen LogP contribution in [-0.4, -0.2) is 65.4 Å². The quantitative estimate of drug-likeness (QED) is 0.148. The van der Waals surface area contributed by atoms with E-state index < -0.39 is 47.9 Å². The van der Waals surface area contributed by atoms with Crippen LogP contribution in [0.5, 0.6) is 11.5 Å². The van der Waals surface area contributed by atoms with E-state index in [4.69, 9.17) is 0 Å². The number of nitrogens with zero attached hydrogens (tertiary/aromatic N) is 2. The highest BCUT2D eigenvalue weighted by Gasteiger charge is 2.31. The van der Waals surface area contributed by atoms with Gasteiger partial charge in [-0.2, -0.15) is 16.8 Å². The fourth-order valence-electron chi connectivity index (χ4n) is 5.64. The Kier molecular flexibility index (Phi) is 9.44. The first-order chi connectivity index (χ1) is 24.6. The number of carbonyl (C=O) groups is 3. The number of aromatic hydroxyl groups is 2. The van der Waals surface area contributed by atoms with Gasteiger partial charge in [-0.25, -0.2) is 14.8 Å². The van der Waals surface area contributed by atoms with Crippen LogP contribution in [0.1, 0.15) is 43.0 Å². The summed E-state index contributed by atoms with van der Waals surface area (Å²) in [7, 11) is -9.59. The minimum Gasteiger partial charge on any atom is -0.508 e. The van der Waals surface area contributed by atoms with E-state index in [1.807, 2.05) is 0 Å². The molecule has 6 rings (SSSR count). The van der Waals surface area contributed by atoms with Gasteiger partial charge in [-0.1, -0.05) is 48.6 Å². The van der Waals surface area contributed by atoms with Gasteiger partial charge in [0.2, 0.25) is 0 Å². The predicted octanol–water partition coefficient (Wildman–Crippen LogP) is 4.66. The molecule has 0 saturated carbocycles. The van der Waals surface area contributed by atoms with E-state index in [0.29, 0.717) is 11.1 Å². The van der Waals surface area contributed by atoms with Crippen molar-refractivity contribution in [2.24, 2.45) is 9.98 Å². The number of hydrogen-bond acceptors (Lipinski definition) is 9. The van der Waals surface area contributed by atoms with Gasteiger partial charge in [-0.15, -0.1) is 0 Å². The average Bonchev–Trinajstić information content (AvgIpc) is 3.08. The number of rotatable bonds is 6. The Labute approximate surface area is 295 Å². The fraction of sp³-hybridized carbons (Fsp3) is 0.0571. The fourth-order valence-corrected chi connectivity index (χ4v) is 7.03. The number of urea groups is 1. The maximum atomic E-state index is 13.2. The lowest BCUT2D eigenvalue weighted by Crippen LogP contribution is -2.21. The molecule has 0 saturated heterocycles. The third-order valence-corrected chi connectivity index (χ3v) is 9.81. The first-order valence-electron chi connectivity index (χ1n) is 15.1. The molecule has 264 valence electrons. The molecule has 2 aliphatic carbocycles. The number of fused-ring (bicyclic) bond motifs is 2. The standard InChI is InChI=1S/C35H26N4O11S2/c40-27-11-3-9-25-23(27)13-15-29(51(45,46)47)31(25)38-33(42)19-5-1-7-21(17-19)36-35(44)37-22-8-2-6-20(18-22)34(43)39-32-26-10-4-12-28(41)24(26)14-16-30(32)52(48,49)50/h1-12,15-18,40-41H,13-14H2,(H2,36,37,44)(H,45,46,47)(H,48,49,50). The molecular weight excluding hydrogens is 717 g/mol. The lowest BCUT2D eigenvalue weighted by atomic mass is 9.94. The number of benzene rings is 4. The number of amides is 4. The van der Waals surface area contributed by atoms with E-state index in [2.05, 4.69) is 20.6 Å². The molecule has 0 unspecified atom stereocenters. The molecule has 2 aliphatic rings. The largest absolute Gasteiger partial charge is 0.508 e. The van der Waals surface area contributed by atoms with Gasteiger partial charge in [-0.05, 0) is 61.4 Å². The normalized spacial score (nSPS) is 15.6. The molecule has 17 heteroatoms. The second-order valence-corrected chi connectivity index (χ2v) is 14.2. The minimum absolute atomic E-state index is 0.0313. The Bertz CT molecular complexity index is 2380. The zero-order chi connectivity index (χ0) is 37.4. The van der Waals surface area contributed by atoms with E-state index in [0.717, 1.165) is 12.2 Å². The summed E-state index contributed by atoms with van der Waals surface area (Å²) in [5.41, 5.74) is 0.302. The van der Waals surface area contributed by atoms with Crippen LogP contribution in [0, 0.1) is 0 Å². The van der Waals surface area contributed by atoms with Gasteiger partial charge in [0.1, 0.15) is 21.3 Å². The van der Waals surface area contributed by atoms with E-state index in [1.54, 1.807) is 0 Å². The number of allylic oxidation sites excluding steroid dienone is 4. The molecule has 15 nitrogen and oxygen atoms in total. The molecule has 0 heterocycles. The summed E-state index contributed by atoms with van der Waals surface area (Å²) in [6.07, 6.45) is 2.21. The second kappa shape index (κ2) is 13.8. The first-order valence-corrected chi connectivity index (χ1v) is 18.0. The number of aliphatic imine (C=N–C) groups is 2. The summed E-state index contributed by atoms with van der Waals surface area (Å²) in [6.45, 7) is 0. The second-order valence-electron chi connectivity index (χ2n) is 11.4. The van der Waals surface area contributed by atoms with Gasteiger partial charge < -0.3 is 20.8 Å². The summed E-state index contributed by atoms with van der Waals surface area (Å²) in [4.78, 5) is 46.1. The average molecular weight is 743 g/mol. The summed E-state index contributed by atoms with van der Waals surface area (Å²) in [5.74, 6) is -2.13. The van der Waals surface area contributed by atoms with Crippen LogP contribution < -0.4 is 10.6 Å². The van der Waals surface area contributed by atoms with E-state index in [9.17, 15) is 50.5 Å². The Morgan fingerprint density at radius 2 is 0.962 bits per heavy atom. The van der Waals surface area contributed by atoms with E-state index >= 15 is 0 Å². The Hall–Kier alpha value is -6.27. The van der Waals surface area contributed by atoms with Crippen LogP contribution >= 0.6 is 0 Å². The van der Waals surface area contributed by atoms with Gasteiger partial charge in [-0.3, -0.25) is 18.7 Å². The van der Waals surface area contributed by atoms with Crippen molar-refractivity contribution in [2.75, 3.05) is 10.6 Å². The molecule has 0 bridgehead atoms. The summed E-state index contributed by atoms with van der Waals surface area (Å²) < 4.78 is 68.0. The topological polar surface area (TPSA) is 249 Å². The van der Waals surface area contributed by atoms with Crippen molar-refractivity contribution in [1.82, 2.24) is 0 Å². The van der Waals surface area contributed by atoms with Crippen LogP contribution in [0.2, 0.25) is 0 Å². The maximum Gasteiger partial charge on any atom is 0.323 e. The van der Waals surface area contributed by atoms with Gasteiger partial charge >= 0.3 is 6.03 Å². The SMILES string of the molecule is O=C(Nc1cccc(C(=O)N=C2C(S(=O)(=O)O)=CCc3c(O)cccc32)c1)Nc1cccc(C(=O)N=C2C(S(=O)(=O)O)=CCc3c(O)cccc32)c1. The highest BCUT2D eigenvalue weighted by atomic mass is 32.2. The van der Waals surface area contributed by atoms with Crippen LogP contribution in [-0.2, 0) is 33.1 Å². The first kappa shape index (κ1) is 35.6. The van der Waals surface area contributed by atoms with Crippen LogP contribution in [0.3, 0.4) is 0 Å². The molecule has 0 fully saturated rings. The highest BCUT2D eigenvalue weighted by molar-refractivity contribution is 7.91. The Morgan fingerprint density at radius 3 is 1.35 bits per heavy atom. The Balaban J connectivity index is 1.21. The molecule has 6 N–H and O–H groups in total. The predicted molar refractivity (Wildman–Crippen MR) is 190 cm³/mol. The molecule has 0 radical (unpaired) electrons. The van der Waals surface area contributed by atoms with Crippen molar-refractivity contribution in [2.45, 2.75) is 12.8 Å². The van der Waals surface area contributed by atoms with E-state index in [1.165, 1.54) is 84.9 Å². The number of hydrogen-bond donors (Lipinski definition) is 6. The molecule has 0 aromatic heterocycles. The lowest BCUT2D eigenvalue weighted by molar-refractivity contribution is 0.0994. The molecular formula is C35H26N4O11S2. The molecule has 52 heavy (non-hydrogen) atoms. The van der Waals surface area contributed by atoms with Crippen molar-refractivity contribution in [3.63, 3.8) is 0 Å². The smallest absolute Gasteiger partial charge is 0.323 e. The highest BCUT2D eigenvalue weighted by Crippen LogP contribution is 2.32. The molecule has 4 amide bonds. The summed E-state index contributed by atoms with van der Waals surface area (Å²) >= 11 is 0. The van der Waals surface area contributed by atoms with Crippen molar-refractivity contribution in [1.29, 1.82) is 0 Å². The molecule has 0 aliphatic heterocycles. The van der Waals surface area contributed by atoms with Gasteiger partial charge in [0.05, 0.1) is 11.4 Å². The van der Waals surface area contributed by atoms with Gasteiger partial charge in [0.15, 0.2) is 0 Å². The molecule has 4 aromatic rings. The molecule has 0 spiro atoms. The van der Waals surface area contributed by atoms with Gasteiger partial charge in [0.25, 0.3) is 32.1 Å². The summed E-state index contributed by atoms with van der Waals surface area (Å²) in [5, 5.41) is 25.5. The lowest BCUT2D eigenvalue weighted by Gasteiger charge is -2.18. The molecule has 0 atom stereocenters. The van der Waals surface area contributed by atoms with Crippen molar-refractivity contribution in [3.8, 4) is 11.5 Å². The Morgan fingerprint density at radius 1 is 0.577 bits per heavy atom. The third-order valence-electron chi connectivity index (χ3n) is 7.98. The monoisotopic (exact) mass is 742 g/mol. The van der Waals surface area contributed by atoms with E-state index in [-0.39, 0.29) is 69.4 Å².